The van der Waals surface area contributed by atoms with Crippen LogP contribution >= 0.6 is 23.2 Å². The molecule has 2 nitrogen and oxygen atoms in total. The average Bonchev–Trinajstić information content (AvgIpc) is 2.45. The van der Waals surface area contributed by atoms with Gasteiger partial charge in [-0.3, -0.25) is 0 Å². The van der Waals surface area contributed by atoms with Crippen LogP contribution in [0.3, 0.4) is 0 Å². The molecule has 0 unspecified atom stereocenters. The minimum Gasteiger partial charge on any atom is -0.486 e. The van der Waals surface area contributed by atoms with E-state index in [1.54, 1.807) is 24.3 Å². The second kappa shape index (κ2) is 7.64. The second-order valence-corrected chi connectivity index (χ2v) is 5.41. The van der Waals surface area contributed by atoms with Crippen LogP contribution in [-0.2, 0) is 13.2 Å². The van der Waals surface area contributed by atoms with Crippen LogP contribution in [0.2, 0.25) is 10.0 Å². The van der Waals surface area contributed by atoms with Crippen molar-refractivity contribution in [1.82, 2.24) is 5.32 Å². The largest absolute Gasteiger partial charge is 0.486 e. The van der Waals surface area contributed by atoms with Gasteiger partial charge in [-0.1, -0.05) is 42.3 Å². The Kier molecular flexibility index (Phi) is 5.85. The number of halogens is 3. The summed E-state index contributed by atoms with van der Waals surface area (Å²) in [7, 11) is 0. The fourth-order valence-electron chi connectivity index (χ4n) is 1.83. The van der Waals surface area contributed by atoms with E-state index in [2.05, 4.69) is 5.32 Å². The van der Waals surface area contributed by atoms with Crippen LogP contribution in [0.25, 0.3) is 0 Å². The van der Waals surface area contributed by atoms with Crippen molar-refractivity contribution in [3.8, 4) is 5.75 Å². The number of rotatable bonds is 6. The monoisotopic (exact) mass is 327 g/mol. The van der Waals surface area contributed by atoms with Gasteiger partial charge in [0.1, 0.15) is 6.61 Å². The van der Waals surface area contributed by atoms with Gasteiger partial charge in [-0.05, 0) is 36.4 Å². The van der Waals surface area contributed by atoms with Gasteiger partial charge in [0, 0.05) is 22.2 Å². The maximum absolute atomic E-state index is 13.9. The standard InChI is InChI=1S/C16H16Cl2FNO/c1-2-20-9-11-3-6-16(15(19)7-11)21-10-12-4-5-13(17)8-14(12)18/h3-8,20H,2,9-10H2,1H3. The van der Waals surface area contributed by atoms with Crippen LogP contribution in [-0.4, -0.2) is 6.54 Å². The molecular formula is C16H16Cl2FNO. The van der Waals surface area contributed by atoms with Crippen LogP contribution in [0.5, 0.6) is 5.75 Å². The van der Waals surface area contributed by atoms with Crippen LogP contribution < -0.4 is 10.1 Å². The van der Waals surface area contributed by atoms with Crippen molar-refractivity contribution in [3.05, 3.63) is 63.4 Å². The number of hydrogen-bond acceptors (Lipinski definition) is 2. The van der Waals surface area contributed by atoms with Gasteiger partial charge >= 0.3 is 0 Å². The van der Waals surface area contributed by atoms with E-state index in [0.717, 1.165) is 17.7 Å². The van der Waals surface area contributed by atoms with Crippen molar-refractivity contribution in [1.29, 1.82) is 0 Å². The van der Waals surface area contributed by atoms with Crippen LogP contribution in [0.1, 0.15) is 18.1 Å². The van der Waals surface area contributed by atoms with E-state index in [4.69, 9.17) is 27.9 Å². The first kappa shape index (κ1) is 16.1. The molecule has 0 fully saturated rings. The summed E-state index contributed by atoms with van der Waals surface area (Å²) >= 11 is 11.9. The van der Waals surface area contributed by atoms with Gasteiger partial charge in [-0.2, -0.15) is 0 Å². The summed E-state index contributed by atoms with van der Waals surface area (Å²) in [6, 6.07) is 10.1. The van der Waals surface area contributed by atoms with E-state index in [-0.39, 0.29) is 18.2 Å². The third-order valence-electron chi connectivity index (χ3n) is 2.97. The molecule has 5 heteroatoms. The molecule has 0 saturated heterocycles. The van der Waals surface area contributed by atoms with Crippen LogP contribution in [0.15, 0.2) is 36.4 Å². The Labute approximate surface area is 133 Å². The van der Waals surface area contributed by atoms with E-state index < -0.39 is 0 Å². The van der Waals surface area contributed by atoms with Gasteiger partial charge < -0.3 is 10.1 Å². The number of nitrogens with one attached hydrogen (secondary N) is 1. The molecule has 0 saturated carbocycles. The van der Waals surface area contributed by atoms with Crippen molar-refractivity contribution in [2.24, 2.45) is 0 Å². The molecule has 112 valence electrons. The van der Waals surface area contributed by atoms with Crippen molar-refractivity contribution < 1.29 is 9.13 Å². The van der Waals surface area contributed by atoms with E-state index in [0.29, 0.717) is 16.6 Å². The number of ether oxygens (including phenoxy) is 1. The molecule has 1 N–H and O–H groups in total. The molecular weight excluding hydrogens is 312 g/mol. The van der Waals surface area contributed by atoms with Gasteiger partial charge in [0.2, 0.25) is 0 Å². The Morgan fingerprint density at radius 3 is 2.62 bits per heavy atom. The molecule has 0 aliphatic carbocycles. The Morgan fingerprint density at radius 1 is 1.14 bits per heavy atom. The molecule has 0 spiro atoms. The van der Waals surface area contributed by atoms with E-state index in [1.807, 2.05) is 13.0 Å². The van der Waals surface area contributed by atoms with Gasteiger partial charge in [-0.15, -0.1) is 0 Å². The SMILES string of the molecule is CCNCc1ccc(OCc2ccc(Cl)cc2Cl)c(F)c1. The zero-order valence-corrected chi connectivity index (χ0v) is 13.1. The molecule has 0 atom stereocenters. The molecule has 0 heterocycles. The zero-order chi connectivity index (χ0) is 15.2. The molecule has 0 amide bonds. The van der Waals surface area contributed by atoms with Gasteiger partial charge in [0.05, 0.1) is 0 Å². The molecule has 0 radical (unpaired) electrons. The van der Waals surface area contributed by atoms with Crippen molar-refractivity contribution in [3.63, 3.8) is 0 Å². The maximum atomic E-state index is 13.9. The summed E-state index contributed by atoms with van der Waals surface area (Å²) in [5, 5.41) is 4.21. The molecule has 21 heavy (non-hydrogen) atoms. The summed E-state index contributed by atoms with van der Waals surface area (Å²) in [4.78, 5) is 0. The molecule has 2 aromatic rings. The highest BCUT2D eigenvalue weighted by Crippen LogP contribution is 2.24. The minimum absolute atomic E-state index is 0.194. The Bertz CT molecular complexity index is 619. The quantitative estimate of drug-likeness (QED) is 0.821. The third-order valence-corrected chi connectivity index (χ3v) is 3.56. The topological polar surface area (TPSA) is 21.3 Å². The summed E-state index contributed by atoms with van der Waals surface area (Å²) in [5.41, 5.74) is 1.64. The molecule has 2 rings (SSSR count). The molecule has 0 aliphatic heterocycles. The zero-order valence-electron chi connectivity index (χ0n) is 11.6. The highest BCUT2D eigenvalue weighted by Gasteiger charge is 2.07. The van der Waals surface area contributed by atoms with E-state index in [1.165, 1.54) is 6.07 Å². The van der Waals surface area contributed by atoms with Gasteiger partial charge in [0.15, 0.2) is 11.6 Å². The lowest BCUT2D eigenvalue weighted by atomic mass is 10.2. The number of hydrogen-bond donors (Lipinski definition) is 1. The van der Waals surface area contributed by atoms with E-state index in [9.17, 15) is 4.39 Å². The Morgan fingerprint density at radius 2 is 1.95 bits per heavy atom. The highest BCUT2D eigenvalue weighted by atomic mass is 35.5. The van der Waals surface area contributed by atoms with Crippen molar-refractivity contribution >= 4 is 23.2 Å². The highest BCUT2D eigenvalue weighted by molar-refractivity contribution is 6.35. The summed E-state index contributed by atoms with van der Waals surface area (Å²) in [6.07, 6.45) is 0. The van der Waals surface area contributed by atoms with Gasteiger partial charge in [-0.25, -0.2) is 4.39 Å². The number of benzene rings is 2. The van der Waals surface area contributed by atoms with Crippen molar-refractivity contribution in [2.45, 2.75) is 20.1 Å². The third kappa shape index (κ3) is 4.60. The minimum atomic E-state index is -0.379. The summed E-state index contributed by atoms with van der Waals surface area (Å²) in [6.45, 7) is 3.68. The second-order valence-electron chi connectivity index (χ2n) is 4.57. The lowest BCUT2D eigenvalue weighted by Crippen LogP contribution is -2.11. The van der Waals surface area contributed by atoms with E-state index >= 15 is 0 Å². The molecule has 0 bridgehead atoms. The Balaban J connectivity index is 2.02. The van der Waals surface area contributed by atoms with Crippen LogP contribution in [0.4, 0.5) is 4.39 Å². The predicted molar refractivity (Wildman–Crippen MR) is 84.6 cm³/mol. The summed E-state index contributed by atoms with van der Waals surface area (Å²) in [5.74, 6) is -0.170. The molecule has 0 aliphatic rings. The normalized spacial score (nSPS) is 10.7. The van der Waals surface area contributed by atoms with Crippen molar-refractivity contribution in [2.75, 3.05) is 6.54 Å². The summed E-state index contributed by atoms with van der Waals surface area (Å²) < 4.78 is 19.4. The lowest BCUT2D eigenvalue weighted by Gasteiger charge is -2.10. The smallest absolute Gasteiger partial charge is 0.165 e. The fourth-order valence-corrected chi connectivity index (χ4v) is 2.30. The van der Waals surface area contributed by atoms with Crippen LogP contribution in [0, 0.1) is 5.82 Å². The fraction of sp³-hybridized carbons (Fsp3) is 0.250. The first-order valence-corrected chi connectivity index (χ1v) is 7.41. The molecule has 0 aromatic heterocycles. The average molecular weight is 328 g/mol. The first-order chi connectivity index (χ1) is 10.1. The first-order valence-electron chi connectivity index (χ1n) is 6.66. The van der Waals surface area contributed by atoms with Gasteiger partial charge in [0.25, 0.3) is 0 Å². The Hall–Kier alpha value is -1.29. The maximum Gasteiger partial charge on any atom is 0.165 e. The lowest BCUT2D eigenvalue weighted by molar-refractivity contribution is 0.290. The molecule has 2 aromatic carbocycles. The predicted octanol–water partition coefficient (Wildman–Crippen LogP) is 4.82.